The van der Waals surface area contributed by atoms with Crippen molar-refractivity contribution in [2.45, 2.75) is 69.0 Å². The quantitative estimate of drug-likeness (QED) is 0.685. The molecule has 1 aromatic rings. The number of nitrogens with zero attached hydrogens (tertiary/aromatic N) is 2. The predicted molar refractivity (Wildman–Crippen MR) is 109 cm³/mol. The molecule has 176 valence electrons. The summed E-state index contributed by atoms with van der Waals surface area (Å²) < 4.78 is 64.9. The summed E-state index contributed by atoms with van der Waals surface area (Å²) in [5, 5.41) is 2.93. The molecule has 0 aliphatic carbocycles. The van der Waals surface area contributed by atoms with E-state index in [1.165, 1.54) is 22.5 Å². The number of carbonyl (C=O) groups excluding carboxylic acids is 1. The largest absolute Gasteiger partial charge is 0.586 e. The number of nitrogens with one attached hydrogen (secondary N) is 1. The summed E-state index contributed by atoms with van der Waals surface area (Å²) in [6.45, 7) is 0.867. The fraction of sp³-hybridized carbons (Fsp3) is 0.650. The Morgan fingerprint density at radius 2 is 1.69 bits per heavy atom. The van der Waals surface area contributed by atoms with Crippen LogP contribution in [-0.2, 0) is 10.2 Å². The Hall–Kier alpha value is -2.02. The normalized spacial score (nSPS) is 30.4. The third kappa shape index (κ3) is 3.93. The first-order valence-corrected chi connectivity index (χ1v) is 12.3. The summed E-state index contributed by atoms with van der Waals surface area (Å²) in [5.41, 5.74) is 6.09. The van der Waals surface area contributed by atoms with Crippen LogP contribution in [0, 0.1) is 0 Å². The lowest BCUT2D eigenvalue weighted by atomic mass is 9.99. The van der Waals surface area contributed by atoms with Crippen molar-refractivity contribution in [2.75, 3.05) is 13.1 Å². The van der Waals surface area contributed by atoms with Gasteiger partial charge in [-0.2, -0.15) is 17.0 Å². The third-order valence-corrected chi connectivity index (χ3v) is 8.90. The molecule has 3 saturated heterocycles. The highest BCUT2D eigenvalue weighted by atomic mass is 32.2. The average molecular weight is 473 g/mol. The Bertz CT molecular complexity index is 1000. The summed E-state index contributed by atoms with van der Waals surface area (Å²) >= 11 is 0. The number of nitrogens with two attached hydrogens (primary N) is 1. The van der Waals surface area contributed by atoms with Gasteiger partial charge in [0.05, 0.1) is 0 Å². The standard InChI is InChI=1S/C20H26F2N4O5S/c21-20(22)30-17-4-1-12(9-18(17)31-20)19(27)24-14-10-15-2-3-16(11-14)26(15)32(28,29)25-7-5-13(23)6-8-25/h1,4,9,13-16H,2-3,5-8,10-11,23H2,(H,24,27)/t14?,15-,16+. The maximum Gasteiger partial charge on any atom is 0.586 e. The Kier molecular flexibility index (Phi) is 5.31. The van der Waals surface area contributed by atoms with E-state index in [-0.39, 0.29) is 41.2 Å². The number of hydrogen-bond donors (Lipinski definition) is 2. The van der Waals surface area contributed by atoms with E-state index in [0.29, 0.717) is 38.8 Å². The van der Waals surface area contributed by atoms with Crippen LogP contribution in [0.2, 0.25) is 0 Å². The molecular formula is C20H26F2N4O5S. The minimum Gasteiger partial charge on any atom is -0.395 e. The maximum atomic E-state index is 13.3. The molecule has 12 heteroatoms. The highest BCUT2D eigenvalue weighted by Crippen LogP contribution is 2.42. The van der Waals surface area contributed by atoms with Crippen molar-refractivity contribution in [2.24, 2.45) is 5.73 Å². The van der Waals surface area contributed by atoms with Gasteiger partial charge in [-0.3, -0.25) is 4.79 Å². The average Bonchev–Trinajstić information content (AvgIpc) is 3.19. The smallest absolute Gasteiger partial charge is 0.395 e. The summed E-state index contributed by atoms with van der Waals surface area (Å²) in [6.07, 6.45) is 0.0970. The molecule has 1 unspecified atom stereocenters. The second-order valence-electron chi connectivity index (χ2n) is 8.93. The van der Waals surface area contributed by atoms with E-state index < -0.39 is 22.4 Å². The molecule has 3 atom stereocenters. The van der Waals surface area contributed by atoms with Crippen LogP contribution < -0.4 is 20.5 Å². The SMILES string of the molecule is NC1CCN(S(=O)(=O)N2[C@@H]3CC[C@H]2CC(NC(=O)c2ccc4c(c2)OC(F)(F)O4)C3)CC1. The topological polar surface area (TPSA) is 114 Å². The van der Waals surface area contributed by atoms with Gasteiger partial charge in [0.1, 0.15) is 0 Å². The van der Waals surface area contributed by atoms with Gasteiger partial charge in [-0.15, -0.1) is 8.78 Å². The first-order valence-electron chi connectivity index (χ1n) is 10.9. The highest BCUT2D eigenvalue weighted by molar-refractivity contribution is 7.86. The van der Waals surface area contributed by atoms with Gasteiger partial charge in [0, 0.05) is 42.8 Å². The second-order valence-corrected chi connectivity index (χ2v) is 10.8. The zero-order valence-electron chi connectivity index (χ0n) is 17.4. The van der Waals surface area contributed by atoms with Crippen molar-refractivity contribution in [1.29, 1.82) is 0 Å². The van der Waals surface area contributed by atoms with Gasteiger partial charge >= 0.3 is 6.29 Å². The highest BCUT2D eigenvalue weighted by Gasteiger charge is 2.49. The molecule has 4 heterocycles. The first kappa shape index (κ1) is 21.8. The van der Waals surface area contributed by atoms with E-state index in [1.54, 1.807) is 4.31 Å². The summed E-state index contributed by atoms with van der Waals surface area (Å²) in [7, 11) is -3.57. The summed E-state index contributed by atoms with van der Waals surface area (Å²) in [4.78, 5) is 12.7. The van der Waals surface area contributed by atoms with Crippen molar-refractivity contribution in [1.82, 2.24) is 13.9 Å². The van der Waals surface area contributed by atoms with Crippen LogP contribution in [-0.4, -0.2) is 66.5 Å². The molecule has 0 radical (unpaired) electrons. The van der Waals surface area contributed by atoms with Gasteiger partial charge in [-0.1, -0.05) is 0 Å². The van der Waals surface area contributed by atoms with Crippen LogP contribution in [0.25, 0.3) is 0 Å². The van der Waals surface area contributed by atoms with E-state index in [2.05, 4.69) is 14.8 Å². The van der Waals surface area contributed by atoms with Crippen LogP contribution in [0.5, 0.6) is 11.5 Å². The van der Waals surface area contributed by atoms with Crippen LogP contribution in [0.15, 0.2) is 18.2 Å². The fourth-order valence-electron chi connectivity index (χ4n) is 5.23. The van der Waals surface area contributed by atoms with Crippen LogP contribution >= 0.6 is 0 Å². The number of amides is 1. The van der Waals surface area contributed by atoms with Gasteiger partial charge < -0.3 is 20.5 Å². The first-order chi connectivity index (χ1) is 15.1. The van der Waals surface area contributed by atoms with Gasteiger partial charge in [0.25, 0.3) is 16.1 Å². The number of benzene rings is 1. The lowest BCUT2D eigenvalue weighted by Crippen LogP contribution is -2.57. The van der Waals surface area contributed by atoms with Gasteiger partial charge in [0.2, 0.25) is 0 Å². The van der Waals surface area contributed by atoms with E-state index in [1.807, 2.05) is 0 Å². The molecule has 3 fully saturated rings. The number of fused-ring (bicyclic) bond motifs is 3. The van der Waals surface area contributed by atoms with Crippen LogP contribution in [0.3, 0.4) is 0 Å². The van der Waals surface area contributed by atoms with Crippen molar-refractivity contribution < 1.29 is 31.5 Å². The van der Waals surface area contributed by atoms with Gasteiger partial charge in [0.15, 0.2) is 11.5 Å². The van der Waals surface area contributed by atoms with Crippen LogP contribution in [0.1, 0.15) is 48.9 Å². The maximum absolute atomic E-state index is 13.3. The van der Waals surface area contributed by atoms with Crippen molar-refractivity contribution >= 4 is 16.1 Å². The number of halogens is 2. The van der Waals surface area contributed by atoms with E-state index in [4.69, 9.17) is 5.73 Å². The molecule has 4 aliphatic rings. The third-order valence-electron chi connectivity index (χ3n) is 6.76. The number of ether oxygens (including phenoxy) is 2. The Morgan fingerprint density at radius 3 is 2.34 bits per heavy atom. The van der Waals surface area contributed by atoms with Crippen molar-refractivity contribution in [3.63, 3.8) is 0 Å². The lowest BCUT2D eigenvalue weighted by molar-refractivity contribution is -0.286. The molecular weight excluding hydrogens is 446 g/mol. The number of rotatable bonds is 4. The van der Waals surface area contributed by atoms with E-state index in [9.17, 15) is 22.0 Å². The minimum absolute atomic E-state index is 0.0431. The fourth-order valence-corrected chi connectivity index (χ4v) is 7.30. The predicted octanol–water partition coefficient (Wildman–Crippen LogP) is 1.40. The molecule has 32 heavy (non-hydrogen) atoms. The molecule has 1 aromatic carbocycles. The zero-order chi connectivity index (χ0) is 22.7. The minimum atomic E-state index is -3.74. The monoisotopic (exact) mass is 472 g/mol. The van der Waals surface area contributed by atoms with Crippen LogP contribution in [0.4, 0.5) is 8.78 Å². The number of piperidine rings is 2. The summed E-state index contributed by atoms with van der Waals surface area (Å²) in [6, 6.07) is 3.39. The van der Waals surface area contributed by atoms with Crippen molar-refractivity contribution in [3.05, 3.63) is 23.8 Å². The molecule has 3 N–H and O–H groups in total. The van der Waals surface area contributed by atoms with E-state index in [0.717, 1.165) is 12.8 Å². The Morgan fingerprint density at radius 1 is 1.06 bits per heavy atom. The van der Waals surface area contributed by atoms with Gasteiger partial charge in [-0.05, 0) is 56.7 Å². The van der Waals surface area contributed by atoms with E-state index >= 15 is 0 Å². The molecule has 0 saturated carbocycles. The molecule has 0 aromatic heterocycles. The Balaban J connectivity index is 1.24. The Labute approximate surface area is 185 Å². The molecule has 0 spiro atoms. The van der Waals surface area contributed by atoms with Gasteiger partial charge in [-0.25, -0.2) is 0 Å². The molecule has 4 aliphatic heterocycles. The molecule has 2 bridgehead atoms. The summed E-state index contributed by atoms with van der Waals surface area (Å²) in [5.74, 6) is -0.732. The number of carbonyl (C=O) groups is 1. The zero-order valence-corrected chi connectivity index (χ0v) is 18.2. The number of hydrogen-bond acceptors (Lipinski definition) is 6. The van der Waals surface area contributed by atoms with Crippen molar-refractivity contribution in [3.8, 4) is 11.5 Å². The molecule has 9 nitrogen and oxygen atoms in total. The second kappa shape index (κ2) is 7.79. The number of alkyl halides is 2. The molecule has 5 rings (SSSR count). The lowest BCUT2D eigenvalue weighted by Gasteiger charge is -2.41. The molecule has 1 amide bonds.